The van der Waals surface area contributed by atoms with E-state index in [1.807, 2.05) is 6.07 Å². The van der Waals surface area contributed by atoms with Crippen LogP contribution in [0.25, 0.3) is 9.40 Å². The topological polar surface area (TPSA) is 140 Å². The number of carbonyl (C=O) groups is 3. The van der Waals surface area contributed by atoms with E-state index in [1.165, 1.54) is 35.5 Å². The molecule has 0 saturated carbocycles. The molecule has 1 aromatic carbocycles. The minimum atomic E-state index is -1.35. The maximum Gasteiger partial charge on any atom is 0.328 e. The number of fused-ring (bicyclic) bond motifs is 2. The van der Waals surface area contributed by atoms with Crippen LogP contribution in [0.4, 0.5) is 5.69 Å². The van der Waals surface area contributed by atoms with Crippen molar-refractivity contribution in [1.82, 2.24) is 16.0 Å². The molecule has 1 unspecified atom stereocenters. The summed E-state index contributed by atoms with van der Waals surface area (Å²) in [5, 5.41) is 28.9. The molecule has 200 valence electrons. The second-order valence-electron chi connectivity index (χ2n) is 9.66. The third-order valence-corrected chi connectivity index (χ3v) is 9.56. The molecular formula is C27H30N4O5S2. The zero-order valence-electron chi connectivity index (χ0n) is 20.7. The van der Waals surface area contributed by atoms with Gasteiger partial charge in [0.2, 0.25) is 0 Å². The second-order valence-corrected chi connectivity index (χ2v) is 12.1. The molecule has 5 rings (SSSR count). The summed E-state index contributed by atoms with van der Waals surface area (Å²) >= 11 is 3.10. The Morgan fingerprint density at radius 2 is 1.89 bits per heavy atom. The lowest BCUT2D eigenvalue weighted by molar-refractivity contribution is -0.140. The molecule has 1 saturated heterocycles. The Kier molecular flexibility index (Phi) is 8.18. The predicted octanol–water partition coefficient (Wildman–Crippen LogP) is 3.06. The van der Waals surface area contributed by atoms with Gasteiger partial charge >= 0.3 is 5.97 Å². The molecule has 4 heterocycles. The number of aliphatic hydroxyl groups excluding tert-OH is 1. The summed E-state index contributed by atoms with van der Waals surface area (Å²) in [6, 6.07) is 9.71. The Balaban J connectivity index is 1.16. The van der Waals surface area contributed by atoms with E-state index in [4.69, 9.17) is 0 Å². The van der Waals surface area contributed by atoms with Gasteiger partial charge in [0, 0.05) is 16.8 Å². The van der Waals surface area contributed by atoms with Crippen molar-refractivity contribution in [3.05, 3.63) is 51.7 Å². The molecular weight excluding hydrogens is 524 g/mol. The van der Waals surface area contributed by atoms with Gasteiger partial charge in [-0.05, 0) is 68.5 Å². The van der Waals surface area contributed by atoms with E-state index in [2.05, 4.69) is 27.0 Å². The van der Waals surface area contributed by atoms with Gasteiger partial charge in [0.1, 0.15) is 11.8 Å². The first-order valence-corrected chi connectivity index (χ1v) is 14.4. The smallest absolute Gasteiger partial charge is 0.328 e. The van der Waals surface area contributed by atoms with Gasteiger partial charge in [-0.1, -0.05) is 18.2 Å². The van der Waals surface area contributed by atoms with Crippen molar-refractivity contribution < 1.29 is 24.6 Å². The Bertz CT molecular complexity index is 1340. The van der Waals surface area contributed by atoms with Crippen LogP contribution in [0.1, 0.15) is 45.3 Å². The SMILES string of the molecule is O=C(N[C@@H](CNC(=O)c1cc2cc(CCC3CCNCC3)sc2s1)C(=O)O)C1=Nc2ccccc2C1CO. The van der Waals surface area contributed by atoms with Gasteiger partial charge in [-0.3, -0.25) is 9.59 Å². The zero-order valence-corrected chi connectivity index (χ0v) is 22.4. The molecule has 0 radical (unpaired) electrons. The summed E-state index contributed by atoms with van der Waals surface area (Å²) in [7, 11) is 0. The third kappa shape index (κ3) is 5.80. The summed E-state index contributed by atoms with van der Waals surface area (Å²) in [5.41, 5.74) is 1.34. The van der Waals surface area contributed by atoms with Crippen molar-refractivity contribution in [2.45, 2.75) is 37.6 Å². The summed E-state index contributed by atoms with van der Waals surface area (Å²) < 4.78 is 1.08. The van der Waals surface area contributed by atoms with E-state index in [0.717, 1.165) is 34.8 Å². The standard InChI is InChI=1S/C27H30N4O5S2/c32-14-19-18-3-1-2-4-20(18)30-23(19)25(34)31-21(26(35)36)13-29-24(33)22-12-16-11-17(37-27(16)38-22)6-5-15-7-9-28-10-8-15/h1-4,11-12,15,19,21,28,32H,5-10,13-14H2,(H,29,33)(H,31,34)(H,35,36)/t19?,21-/m0/s1. The van der Waals surface area contributed by atoms with Crippen LogP contribution in [0, 0.1) is 5.92 Å². The van der Waals surface area contributed by atoms with Crippen LogP contribution in [0.15, 0.2) is 41.4 Å². The summed E-state index contributed by atoms with van der Waals surface area (Å²) in [4.78, 5) is 43.6. The second kappa shape index (κ2) is 11.7. The number of hydrogen-bond acceptors (Lipinski definition) is 8. The molecule has 2 atom stereocenters. The number of para-hydroxylation sites is 1. The largest absolute Gasteiger partial charge is 0.480 e. The lowest BCUT2D eigenvalue weighted by atomic mass is 9.93. The summed E-state index contributed by atoms with van der Waals surface area (Å²) in [5.74, 6) is -2.20. The van der Waals surface area contributed by atoms with E-state index in [0.29, 0.717) is 16.1 Å². The molecule has 11 heteroatoms. The molecule has 2 amide bonds. The fourth-order valence-electron chi connectivity index (χ4n) is 4.99. The van der Waals surface area contributed by atoms with Crippen LogP contribution in [0.2, 0.25) is 0 Å². The number of benzene rings is 1. The number of aliphatic carboxylic acids is 1. The fourth-order valence-corrected chi connectivity index (χ4v) is 7.41. The van der Waals surface area contributed by atoms with Crippen LogP contribution in [-0.2, 0) is 16.0 Å². The predicted molar refractivity (Wildman–Crippen MR) is 149 cm³/mol. The van der Waals surface area contributed by atoms with Gasteiger partial charge in [-0.15, -0.1) is 22.7 Å². The maximum absolute atomic E-state index is 12.9. The van der Waals surface area contributed by atoms with E-state index < -0.39 is 23.8 Å². The van der Waals surface area contributed by atoms with Gasteiger partial charge in [-0.25, -0.2) is 9.79 Å². The Hall–Kier alpha value is -3.12. The number of carboxylic acids is 1. The van der Waals surface area contributed by atoms with Gasteiger partial charge in [-0.2, -0.15) is 0 Å². The van der Waals surface area contributed by atoms with Crippen LogP contribution < -0.4 is 16.0 Å². The molecule has 0 spiro atoms. The fraction of sp³-hybridized carbons (Fsp3) is 0.407. The Labute approximate surface area is 228 Å². The van der Waals surface area contributed by atoms with Crippen LogP contribution >= 0.6 is 22.7 Å². The average molecular weight is 555 g/mol. The Morgan fingerprint density at radius 1 is 1.11 bits per heavy atom. The number of thiophene rings is 2. The number of rotatable bonds is 10. The summed E-state index contributed by atoms with van der Waals surface area (Å²) in [6.45, 7) is 1.59. The van der Waals surface area contributed by atoms with Crippen molar-refractivity contribution in [1.29, 1.82) is 0 Å². The molecule has 2 aromatic heterocycles. The van der Waals surface area contributed by atoms with Gasteiger partial charge in [0.15, 0.2) is 0 Å². The van der Waals surface area contributed by atoms with E-state index in [-0.39, 0.29) is 24.8 Å². The first kappa shape index (κ1) is 26.5. The van der Waals surface area contributed by atoms with Gasteiger partial charge in [0.25, 0.3) is 11.8 Å². The van der Waals surface area contributed by atoms with E-state index >= 15 is 0 Å². The Morgan fingerprint density at radius 3 is 2.63 bits per heavy atom. The monoisotopic (exact) mass is 554 g/mol. The van der Waals surface area contributed by atoms with Crippen LogP contribution in [-0.4, -0.2) is 66.0 Å². The number of amides is 2. The molecule has 0 aliphatic carbocycles. The quantitative estimate of drug-likeness (QED) is 0.261. The first-order chi connectivity index (χ1) is 18.4. The number of carbonyl (C=O) groups excluding carboxylic acids is 2. The highest BCUT2D eigenvalue weighted by molar-refractivity contribution is 7.39. The molecule has 3 aromatic rings. The normalized spacial score (nSPS) is 18.1. The van der Waals surface area contributed by atoms with Gasteiger partial charge < -0.3 is 26.2 Å². The number of aliphatic hydroxyl groups is 1. The maximum atomic E-state index is 12.9. The highest BCUT2D eigenvalue weighted by Crippen LogP contribution is 2.36. The minimum absolute atomic E-state index is 0.0562. The highest BCUT2D eigenvalue weighted by atomic mass is 32.2. The number of nitrogens with one attached hydrogen (secondary N) is 3. The molecule has 2 aliphatic heterocycles. The highest BCUT2D eigenvalue weighted by Gasteiger charge is 2.33. The number of carboxylic acid groups (broad SMARTS) is 1. The van der Waals surface area contributed by atoms with Crippen molar-refractivity contribution >= 4 is 61.3 Å². The molecule has 9 nitrogen and oxygen atoms in total. The van der Waals surface area contributed by atoms with E-state index in [1.54, 1.807) is 35.6 Å². The lowest BCUT2D eigenvalue weighted by Crippen LogP contribution is -2.50. The average Bonchev–Trinajstić information content (AvgIpc) is 3.61. The molecule has 1 fully saturated rings. The molecule has 5 N–H and O–H groups in total. The minimum Gasteiger partial charge on any atom is -0.480 e. The number of aryl methyl sites for hydroxylation is 1. The van der Waals surface area contributed by atoms with Crippen molar-refractivity contribution in [2.75, 3.05) is 26.2 Å². The zero-order chi connectivity index (χ0) is 26.6. The molecule has 38 heavy (non-hydrogen) atoms. The van der Waals surface area contributed by atoms with E-state index in [9.17, 15) is 24.6 Å². The number of piperidine rings is 1. The number of nitrogens with zero attached hydrogens (tertiary/aromatic N) is 1. The summed E-state index contributed by atoms with van der Waals surface area (Å²) in [6.07, 6.45) is 4.69. The van der Waals surface area contributed by atoms with Crippen molar-refractivity contribution in [2.24, 2.45) is 10.9 Å². The number of hydrogen-bond donors (Lipinski definition) is 5. The number of aliphatic imine (C=N–C) groups is 1. The molecule has 0 bridgehead atoms. The van der Waals surface area contributed by atoms with Crippen molar-refractivity contribution in [3.63, 3.8) is 0 Å². The first-order valence-electron chi connectivity index (χ1n) is 12.8. The van der Waals surface area contributed by atoms with Crippen molar-refractivity contribution in [3.8, 4) is 0 Å². The van der Waals surface area contributed by atoms with Crippen LogP contribution in [0.3, 0.4) is 0 Å². The third-order valence-electron chi connectivity index (χ3n) is 7.12. The molecule has 2 aliphatic rings. The van der Waals surface area contributed by atoms with Crippen LogP contribution in [0.5, 0.6) is 0 Å². The van der Waals surface area contributed by atoms with Gasteiger partial charge in [0.05, 0.1) is 27.1 Å². The lowest BCUT2D eigenvalue weighted by Gasteiger charge is -2.22.